The molecule has 1 aromatic rings. The van der Waals surface area contributed by atoms with Crippen molar-refractivity contribution >= 4 is 12.1 Å². The maximum atomic E-state index is 12.3. The summed E-state index contributed by atoms with van der Waals surface area (Å²) in [5.74, 6) is 0.239. The molecule has 2 fully saturated rings. The van der Waals surface area contributed by atoms with Gasteiger partial charge in [0.25, 0.3) is 0 Å². The second-order valence-electron chi connectivity index (χ2n) is 8.08. The quantitative estimate of drug-likeness (QED) is 0.642. The number of carbonyl (C=O) groups excluding carboxylic acids is 1. The Bertz CT molecular complexity index is 652. The standard InChI is InChI=1S/C23H35N3O2/c1-3-7-17-10-12-18(13-11-17)22-20(26(14-4-2)21(22)16-27)15-24-23(28)25-19-8-5-6-9-19/h3,7,10-13,19-22,27H,4-6,8-9,14-16H2,1-2H3,(H2,24,25,28)/b7-3+/t20-,21-,22-/m1/s1. The van der Waals surface area contributed by atoms with E-state index in [9.17, 15) is 9.90 Å². The SMILES string of the molecule is C/C=C/c1ccc([C@H]2[C@@H](CO)N(CCC)[C@@H]2CNC(=O)NC2CCCC2)cc1. The summed E-state index contributed by atoms with van der Waals surface area (Å²) in [6.45, 7) is 5.87. The van der Waals surface area contributed by atoms with Gasteiger partial charge in [0.2, 0.25) is 0 Å². The molecule has 0 spiro atoms. The number of allylic oxidation sites excluding steroid dienone is 1. The lowest BCUT2D eigenvalue weighted by molar-refractivity contribution is -0.0408. The van der Waals surface area contributed by atoms with Crippen LogP contribution in [0.5, 0.6) is 0 Å². The normalized spacial score (nSPS) is 25.8. The van der Waals surface area contributed by atoms with Crippen molar-refractivity contribution in [2.75, 3.05) is 19.7 Å². The first-order valence-electron chi connectivity index (χ1n) is 10.8. The molecular weight excluding hydrogens is 350 g/mol. The van der Waals surface area contributed by atoms with Crippen LogP contribution in [0, 0.1) is 0 Å². The van der Waals surface area contributed by atoms with Crippen molar-refractivity contribution in [3.63, 3.8) is 0 Å². The molecule has 2 aliphatic rings. The van der Waals surface area contributed by atoms with E-state index >= 15 is 0 Å². The lowest BCUT2D eigenvalue weighted by atomic mass is 9.75. The molecule has 1 heterocycles. The highest BCUT2D eigenvalue weighted by Crippen LogP contribution is 2.40. The van der Waals surface area contributed by atoms with Crippen LogP contribution in [0.3, 0.4) is 0 Å². The Hall–Kier alpha value is -1.85. The van der Waals surface area contributed by atoms with Crippen molar-refractivity contribution < 1.29 is 9.90 Å². The van der Waals surface area contributed by atoms with Gasteiger partial charge in [-0.15, -0.1) is 0 Å². The molecule has 0 unspecified atom stereocenters. The molecular formula is C23H35N3O2. The Labute approximate surface area is 169 Å². The van der Waals surface area contributed by atoms with Crippen LogP contribution in [0.15, 0.2) is 30.3 Å². The van der Waals surface area contributed by atoms with Crippen molar-refractivity contribution in [1.29, 1.82) is 0 Å². The molecule has 0 aromatic heterocycles. The molecule has 5 heteroatoms. The minimum Gasteiger partial charge on any atom is -0.395 e. The number of hydrogen-bond acceptors (Lipinski definition) is 3. The third kappa shape index (κ3) is 4.76. The van der Waals surface area contributed by atoms with Crippen LogP contribution < -0.4 is 10.6 Å². The second kappa shape index (κ2) is 10.1. The average molecular weight is 386 g/mol. The third-order valence-electron chi connectivity index (χ3n) is 6.19. The number of nitrogens with one attached hydrogen (secondary N) is 2. The Morgan fingerprint density at radius 3 is 2.54 bits per heavy atom. The molecule has 3 N–H and O–H groups in total. The maximum absolute atomic E-state index is 12.3. The van der Waals surface area contributed by atoms with Crippen LogP contribution in [0.2, 0.25) is 0 Å². The third-order valence-corrected chi connectivity index (χ3v) is 6.19. The minimum atomic E-state index is -0.0574. The number of amides is 2. The van der Waals surface area contributed by atoms with Crippen molar-refractivity contribution in [2.24, 2.45) is 0 Å². The summed E-state index contributed by atoms with van der Waals surface area (Å²) in [5, 5.41) is 16.2. The fourth-order valence-electron chi connectivity index (χ4n) is 4.84. The molecule has 3 rings (SSSR count). The van der Waals surface area contributed by atoms with Gasteiger partial charge >= 0.3 is 6.03 Å². The van der Waals surface area contributed by atoms with Gasteiger partial charge in [-0.05, 0) is 43.9 Å². The fraction of sp³-hybridized carbons (Fsp3) is 0.609. The molecule has 3 atom stereocenters. The number of likely N-dealkylation sites (tertiary alicyclic amines) is 1. The van der Waals surface area contributed by atoms with E-state index in [4.69, 9.17) is 0 Å². The van der Waals surface area contributed by atoms with Gasteiger partial charge in [0.1, 0.15) is 0 Å². The molecule has 1 aliphatic carbocycles. The topological polar surface area (TPSA) is 64.6 Å². The largest absolute Gasteiger partial charge is 0.395 e. The van der Waals surface area contributed by atoms with Crippen LogP contribution >= 0.6 is 0 Å². The zero-order valence-corrected chi connectivity index (χ0v) is 17.2. The Morgan fingerprint density at radius 1 is 1.21 bits per heavy atom. The average Bonchev–Trinajstić information content (AvgIpc) is 3.19. The van der Waals surface area contributed by atoms with E-state index in [1.165, 1.54) is 24.0 Å². The van der Waals surface area contributed by atoms with Gasteiger partial charge in [0.05, 0.1) is 6.61 Å². The van der Waals surface area contributed by atoms with Gasteiger partial charge in [0, 0.05) is 30.6 Å². The van der Waals surface area contributed by atoms with E-state index in [0.717, 1.165) is 25.8 Å². The zero-order chi connectivity index (χ0) is 19.9. The van der Waals surface area contributed by atoms with E-state index in [-0.39, 0.29) is 30.6 Å². The predicted molar refractivity (Wildman–Crippen MR) is 114 cm³/mol. The molecule has 0 radical (unpaired) electrons. The minimum absolute atomic E-state index is 0.0574. The Balaban J connectivity index is 1.66. The number of aliphatic hydroxyl groups is 1. The molecule has 1 aliphatic heterocycles. The molecule has 1 saturated carbocycles. The molecule has 154 valence electrons. The highest BCUT2D eigenvalue weighted by Gasteiger charge is 2.47. The fourth-order valence-corrected chi connectivity index (χ4v) is 4.84. The summed E-state index contributed by atoms with van der Waals surface area (Å²) in [4.78, 5) is 14.7. The lowest BCUT2D eigenvalue weighted by Gasteiger charge is -2.55. The number of aliphatic hydroxyl groups excluding tert-OH is 1. The molecule has 2 amide bonds. The monoisotopic (exact) mass is 385 g/mol. The Kier molecular flexibility index (Phi) is 7.51. The Morgan fingerprint density at radius 2 is 1.93 bits per heavy atom. The molecule has 0 bridgehead atoms. The molecule has 1 aromatic carbocycles. The first-order chi connectivity index (χ1) is 13.7. The molecule has 5 nitrogen and oxygen atoms in total. The van der Waals surface area contributed by atoms with Crippen molar-refractivity contribution in [3.05, 3.63) is 41.5 Å². The van der Waals surface area contributed by atoms with Crippen LogP contribution in [0.25, 0.3) is 6.08 Å². The first kappa shape index (κ1) is 20.9. The van der Waals surface area contributed by atoms with E-state index in [1.54, 1.807) is 0 Å². The number of carbonyl (C=O) groups is 1. The van der Waals surface area contributed by atoms with E-state index in [2.05, 4.69) is 52.8 Å². The van der Waals surface area contributed by atoms with Gasteiger partial charge in [-0.25, -0.2) is 4.79 Å². The zero-order valence-electron chi connectivity index (χ0n) is 17.2. The number of nitrogens with zero attached hydrogens (tertiary/aromatic N) is 1. The van der Waals surface area contributed by atoms with Crippen LogP contribution in [-0.2, 0) is 0 Å². The van der Waals surface area contributed by atoms with Crippen molar-refractivity contribution in [3.8, 4) is 0 Å². The van der Waals surface area contributed by atoms with Crippen molar-refractivity contribution in [1.82, 2.24) is 15.5 Å². The number of hydrogen-bond donors (Lipinski definition) is 3. The van der Waals surface area contributed by atoms with Gasteiger partial charge < -0.3 is 15.7 Å². The summed E-state index contributed by atoms with van der Waals surface area (Å²) in [6, 6.07) is 9.20. The summed E-state index contributed by atoms with van der Waals surface area (Å²) in [5.41, 5.74) is 2.42. The molecule has 28 heavy (non-hydrogen) atoms. The van der Waals surface area contributed by atoms with Crippen LogP contribution in [0.4, 0.5) is 4.79 Å². The summed E-state index contributed by atoms with van der Waals surface area (Å²) < 4.78 is 0. The summed E-state index contributed by atoms with van der Waals surface area (Å²) in [7, 11) is 0. The second-order valence-corrected chi connectivity index (χ2v) is 8.08. The van der Waals surface area contributed by atoms with Crippen LogP contribution in [-0.4, -0.2) is 53.9 Å². The highest BCUT2D eigenvalue weighted by atomic mass is 16.3. The van der Waals surface area contributed by atoms with Gasteiger partial charge in [-0.2, -0.15) is 0 Å². The molecule has 1 saturated heterocycles. The smallest absolute Gasteiger partial charge is 0.315 e. The highest BCUT2D eigenvalue weighted by molar-refractivity contribution is 5.74. The van der Waals surface area contributed by atoms with Crippen LogP contribution in [0.1, 0.15) is 63.0 Å². The number of benzene rings is 1. The van der Waals surface area contributed by atoms with Gasteiger partial charge in [0.15, 0.2) is 0 Å². The lowest BCUT2D eigenvalue weighted by Crippen LogP contribution is -2.67. The number of rotatable bonds is 8. The first-order valence-corrected chi connectivity index (χ1v) is 10.8. The van der Waals surface area contributed by atoms with Crippen molar-refractivity contribution in [2.45, 2.75) is 70.0 Å². The summed E-state index contributed by atoms with van der Waals surface area (Å²) >= 11 is 0. The van der Waals surface area contributed by atoms with E-state index in [1.807, 2.05) is 13.0 Å². The van der Waals surface area contributed by atoms with E-state index < -0.39 is 0 Å². The summed E-state index contributed by atoms with van der Waals surface area (Å²) in [6.07, 6.45) is 9.76. The maximum Gasteiger partial charge on any atom is 0.315 e. The van der Waals surface area contributed by atoms with Gasteiger partial charge in [-0.3, -0.25) is 4.90 Å². The predicted octanol–water partition coefficient (Wildman–Crippen LogP) is 3.50. The van der Waals surface area contributed by atoms with E-state index in [0.29, 0.717) is 12.6 Å². The number of urea groups is 1. The van der Waals surface area contributed by atoms with Gasteiger partial charge in [-0.1, -0.05) is 56.2 Å².